The molecule has 0 aromatic heterocycles. The predicted molar refractivity (Wildman–Crippen MR) is 79.6 cm³/mol. The van der Waals surface area contributed by atoms with E-state index in [4.69, 9.17) is 4.74 Å². The Balaban J connectivity index is 2.38. The van der Waals surface area contributed by atoms with E-state index >= 15 is 0 Å². The smallest absolute Gasteiger partial charge is 0.128 e. The molecule has 2 rings (SSSR count). The molecule has 1 heterocycles. The minimum atomic E-state index is -1.16. The van der Waals surface area contributed by atoms with E-state index in [0.29, 0.717) is 0 Å². The van der Waals surface area contributed by atoms with Crippen molar-refractivity contribution in [3.63, 3.8) is 0 Å². The fourth-order valence-electron chi connectivity index (χ4n) is 1.14. The van der Waals surface area contributed by atoms with Crippen LogP contribution in [-0.4, -0.2) is 7.11 Å². The quantitative estimate of drug-likeness (QED) is 0.494. The summed E-state index contributed by atoms with van der Waals surface area (Å²) < 4.78 is 5.39. The topological polar surface area (TPSA) is 9.23 Å². The molecule has 0 saturated carbocycles. The Morgan fingerprint density at radius 1 is 1.43 bits per heavy atom. The molecule has 1 aromatic rings. The van der Waals surface area contributed by atoms with E-state index in [-0.39, 0.29) is 0 Å². The lowest BCUT2D eigenvalue weighted by molar-refractivity contribution is 0.418. The molecule has 1 nitrogen and oxygen atoms in total. The van der Waals surface area contributed by atoms with Crippen molar-refractivity contribution in [1.82, 2.24) is 0 Å². The van der Waals surface area contributed by atoms with Crippen LogP contribution >= 0.6 is 55.9 Å². The van der Waals surface area contributed by atoms with E-state index < -0.39 is 4.87 Å². The van der Waals surface area contributed by atoms with Crippen LogP contribution in [0.15, 0.2) is 24.3 Å². The van der Waals surface area contributed by atoms with Gasteiger partial charge in [-0.2, -0.15) is 0 Å². The maximum absolute atomic E-state index is 5.39. The Morgan fingerprint density at radius 2 is 2.14 bits per heavy atom. The van der Waals surface area contributed by atoms with Gasteiger partial charge in [0.05, 0.1) is 12.0 Å². The molecular weight excluding hydrogens is 290 g/mol. The van der Waals surface area contributed by atoms with Gasteiger partial charge in [-0.1, -0.05) is 34.1 Å². The first kappa shape index (κ1) is 11.8. The van der Waals surface area contributed by atoms with Crippen LogP contribution in [0.5, 0.6) is 5.75 Å². The number of methoxy groups -OCH3 is 1. The predicted octanol–water partition coefficient (Wildman–Crippen LogP) is 4.65. The fraction of sp³-hybridized carbons (Fsp3) is 0.143. The second-order valence-electron chi connectivity index (χ2n) is 2.52. The SMILES string of the molecule is COc1ccccc1[P]1(SS)SPS1. The van der Waals surface area contributed by atoms with Gasteiger partial charge in [-0.15, -0.1) is 11.7 Å². The van der Waals surface area contributed by atoms with Crippen LogP contribution in [0.3, 0.4) is 0 Å². The summed E-state index contributed by atoms with van der Waals surface area (Å²) in [4.78, 5) is -1.16. The van der Waals surface area contributed by atoms with Crippen molar-refractivity contribution in [2.45, 2.75) is 0 Å². The molecule has 1 aliphatic heterocycles. The maximum atomic E-state index is 5.39. The van der Waals surface area contributed by atoms with Gasteiger partial charge in [0.2, 0.25) is 0 Å². The molecule has 0 amide bonds. The van der Waals surface area contributed by atoms with Crippen LogP contribution in [0.1, 0.15) is 0 Å². The van der Waals surface area contributed by atoms with E-state index in [9.17, 15) is 0 Å². The van der Waals surface area contributed by atoms with Gasteiger partial charge in [-0.25, -0.2) is 0 Å². The first-order chi connectivity index (χ1) is 6.82. The molecule has 14 heavy (non-hydrogen) atoms. The van der Waals surface area contributed by atoms with E-state index in [1.165, 1.54) is 5.30 Å². The average molecular weight is 299 g/mol. The number of thiol groups is 1. The normalized spacial score (nSPS) is 27.3. The highest BCUT2D eigenvalue weighted by Crippen LogP contribution is 3.05. The molecule has 1 saturated heterocycles. The zero-order valence-corrected chi connectivity index (χ0v) is 12.6. The molecule has 0 spiro atoms. The van der Waals surface area contributed by atoms with Crippen LogP contribution in [0, 0.1) is 0 Å². The van der Waals surface area contributed by atoms with E-state index in [1.807, 2.05) is 34.1 Å². The summed E-state index contributed by atoms with van der Waals surface area (Å²) >= 11 is 8.49. The molecule has 1 aliphatic rings. The third kappa shape index (κ3) is 2.05. The average Bonchev–Trinajstić information content (AvgIpc) is 2.18. The van der Waals surface area contributed by atoms with Crippen molar-refractivity contribution < 1.29 is 4.74 Å². The van der Waals surface area contributed by atoms with E-state index in [2.05, 4.69) is 23.8 Å². The molecule has 0 bridgehead atoms. The first-order valence-electron chi connectivity index (χ1n) is 3.80. The molecule has 1 fully saturated rings. The second kappa shape index (κ2) is 5.07. The minimum Gasteiger partial charge on any atom is -0.496 e. The third-order valence-corrected chi connectivity index (χ3v) is 31.2. The van der Waals surface area contributed by atoms with Crippen molar-refractivity contribution >= 4 is 61.2 Å². The number of para-hydroxylation sites is 1. The largest absolute Gasteiger partial charge is 0.496 e. The maximum Gasteiger partial charge on any atom is 0.128 e. The van der Waals surface area contributed by atoms with Crippen molar-refractivity contribution in [2.24, 2.45) is 0 Å². The van der Waals surface area contributed by atoms with Crippen LogP contribution in [0.4, 0.5) is 0 Å². The van der Waals surface area contributed by atoms with Gasteiger partial charge in [0.15, 0.2) is 0 Å². The van der Waals surface area contributed by atoms with E-state index in [1.54, 1.807) is 17.5 Å². The van der Waals surface area contributed by atoms with Crippen LogP contribution in [-0.2, 0) is 0 Å². The van der Waals surface area contributed by atoms with E-state index in [0.717, 1.165) is 12.7 Å². The number of rotatable bonds is 3. The molecule has 0 atom stereocenters. The number of ether oxygens (including phenoxy) is 1. The van der Waals surface area contributed by atoms with Crippen molar-refractivity contribution in [1.29, 1.82) is 0 Å². The van der Waals surface area contributed by atoms with Crippen molar-refractivity contribution in [3.8, 4) is 5.75 Å². The fourth-order valence-corrected chi connectivity index (χ4v) is 28.3. The number of hydrogen-bond donors (Lipinski definition) is 1. The van der Waals surface area contributed by atoms with Gasteiger partial charge in [0.1, 0.15) is 5.75 Å². The summed E-state index contributed by atoms with van der Waals surface area (Å²) in [5.74, 6) is 1.01. The summed E-state index contributed by atoms with van der Waals surface area (Å²) in [7, 11) is 3.43. The van der Waals surface area contributed by atoms with Crippen LogP contribution in [0.2, 0.25) is 0 Å². The van der Waals surface area contributed by atoms with Gasteiger partial charge in [0.25, 0.3) is 0 Å². The Labute approximate surface area is 103 Å². The molecule has 0 N–H and O–H groups in total. The lowest BCUT2D eigenvalue weighted by atomic mass is 10.3. The highest BCUT2D eigenvalue weighted by atomic mass is 33.8. The zero-order chi connectivity index (χ0) is 10.0. The highest BCUT2D eigenvalue weighted by molar-refractivity contribution is 9.53. The van der Waals surface area contributed by atoms with Crippen LogP contribution < -0.4 is 10.0 Å². The zero-order valence-electron chi connectivity index (χ0n) is 7.34. The standard InChI is InChI=1S/C7H9OP2S4/c1-8-6-4-2-3-5-7(6)10(14-11)12-9-13-10/h2-5,9,11H,1H3. The van der Waals surface area contributed by atoms with Crippen molar-refractivity contribution in [2.75, 3.05) is 7.11 Å². The van der Waals surface area contributed by atoms with Crippen LogP contribution in [0.25, 0.3) is 0 Å². The Kier molecular flexibility index (Phi) is 4.26. The Bertz CT molecular complexity index is 326. The summed E-state index contributed by atoms with van der Waals surface area (Å²) in [6.07, 6.45) is 0. The molecule has 77 valence electrons. The molecule has 0 aliphatic carbocycles. The molecule has 0 unspecified atom stereocenters. The Hall–Kier alpha value is 1.28. The lowest BCUT2D eigenvalue weighted by Gasteiger charge is -2.39. The van der Waals surface area contributed by atoms with Crippen molar-refractivity contribution in [3.05, 3.63) is 24.3 Å². The first-order valence-corrected chi connectivity index (χ1v) is 13.4. The van der Waals surface area contributed by atoms with Gasteiger partial charge < -0.3 is 4.74 Å². The summed E-state index contributed by atoms with van der Waals surface area (Å²) in [6.45, 7) is 0.960. The Morgan fingerprint density at radius 3 is 2.64 bits per heavy atom. The van der Waals surface area contributed by atoms with Gasteiger partial charge in [0, 0.05) is 12.3 Å². The monoisotopic (exact) mass is 299 g/mol. The second-order valence-corrected chi connectivity index (χ2v) is 20.0. The molecular formula is C7H9OP2S4. The lowest BCUT2D eigenvalue weighted by Crippen LogP contribution is -2.07. The minimum absolute atomic E-state index is 0.960. The summed E-state index contributed by atoms with van der Waals surface area (Å²) in [6, 6.07) is 8.29. The summed E-state index contributed by atoms with van der Waals surface area (Å²) in [5, 5.41) is 1.34. The molecule has 1 aromatic carbocycles. The number of benzene rings is 1. The van der Waals surface area contributed by atoms with Gasteiger partial charge >= 0.3 is 0 Å². The highest BCUT2D eigenvalue weighted by Gasteiger charge is 2.41. The summed E-state index contributed by atoms with van der Waals surface area (Å²) in [5.41, 5.74) is 0. The molecule has 7 heteroatoms. The number of hydrogen-bond acceptors (Lipinski definition) is 5. The molecule has 1 radical (unpaired) electrons. The van der Waals surface area contributed by atoms with Gasteiger partial charge in [-0.05, 0) is 22.5 Å². The van der Waals surface area contributed by atoms with Gasteiger partial charge in [-0.3, -0.25) is 0 Å². The third-order valence-electron chi connectivity index (χ3n) is 1.80.